The number of carbonyl (C=O) groups excluding carboxylic acids is 1. The molecule has 2 unspecified atom stereocenters. The summed E-state index contributed by atoms with van der Waals surface area (Å²) in [7, 11) is 0. The fraction of sp³-hybridized carbons (Fsp3) is 0.500. The zero-order chi connectivity index (χ0) is 13.1. The third kappa shape index (κ3) is 2.93. The van der Waals surface area contributed by atoms with Crippen molar-refractivity contribution in [2.45, 2.75) is 38.9 Å². The van der Waals surface area contributed by atoms with Crippen molar-refractivity contribution in [1.82, 2.24) is 0 Å². The number of halogens is 1. The first kappa shape index (κ1) is 13.6. The van der Waals surface area contributed by atoms with Crippen molar-refractivity contribution in [1.29, 1.82) is 0 Å². The molecule has 18 heavy (non-hydrogen) atoms. The Labute approximate surface area is 116 Å². The van der Waals surface area contributed by atoms with E-state index in [1.807, 2.05) is 26.0 Å². The normalized spacial score (nSPS) is 23.1. The molecule has 1 saturated heterocycles. The van der Waals surface area contributed by atoms with Gasteiger partial charge in [0.25, 0.3) is 0 Å². The predicted molar refractivity (Wildman–Crippen MR) is 73.2 cm³/mol. The zero-order valence-corrected chi connectivity index (χ0v) is 12.2. The SMILES string of the molecule is CCOc1ccc(Br)cc1C(=O)C1CCC(C)O1. The van der Waals surface area contributed by atoms with Crippen molar-refractivity contribution < 1.29 is 14.3 Å². The Morgan fingerprint density at radius 2 is 2.28 bits per heavy atom. The Morgan fingerprint density at radius 1 is 1.50 bits per heavy atom. The van der Waals surface area contributed by atoms with E-state index in [2.05, 4.69) is 15.9 Å². The summed E-state index contributed by atoms with van der Waals surface area (Å²) in [4.78, 5) is 12.4. The van der Waals surface area contributed by atoms with Gasteiger partial charge in [-0.2, -0.15) is 0 Å². The van der Waals surface area contributed by atoms with Gasteiger partial charge in [-0.1, -0.05) is 15.9 Å². The molecule has 1 aromatic rings. The molecule has 0 N–H and O–H groups in total. The Kier molecular flexibility index (Phi) is 4.40. The summed E-state index contributed by atoms with van der Waals surface area (Å²) in [5.41, 5.74) is 0.602. The van der Waals surface area contributed by atoms with Crippen molar-refractivity contribution in [2.24, 2.45) is 0 Å². The van der Waals surface area contributed by atoms with Gasteiger partial charge < -0.3 is 9.47 Å². The number of carbonyl (C=O) groups is 1. The quantitative estimate of drug-likeness (QED) is 0.797. The van der Waals surface area contributed by atoms with Gasteiger partial charge in [0, 0.05) is 4.47 Å². The summed E-state index contributed by atoms with van der Waals surface area (Å²) >= 11 is 3.39. The number of Topliss-reactive ketones (excluding diaryl/α,β-unsaturated/α-hetero) is 1. The summed E-state index contributed by atoms with van der Waals surface area (Å²) in [6.45, 7) is 4.45. The molecular weight excluding hydrogens is 296 g/mol. The van der Waals surface area contributed by atoms with E-state index in [0.717, 1.165) is 17.3 Å². The van der Waals surface area contributed by atoms with Gasteiger partial charge in [0.1, 0.15) is 11.9 Å². The molecule has 1 aliphatic heterocycles. The fourth-order valence-electron chi connectivity index (χ4n) is 2.15. The van der Waals surface area contributed by atoms with Crippen LogP contribution in [0.2, 0.25) is 0 Å². The standard InChI is InChI=1S/C14H17BrO3/c1-3-17-12-7-5-10(15)8-11(12)14(16)13-6-4-9(2)18-13/h5,7-9,13H,3-4,6H2,1-2H3. The molecule has 4 heteroatoms. The first-order valence-corrected chi connectivity index (χ1v) is 7.03. The molecule has 0 aliphatic carbocycles. The van der Waals surface area contributed by atoms with E-state index < -0.39 is 0 Å². The molecule has 0 bridgehead atoms. The highest BCUT2D eigenvalue weighted by atomic mass is 79.9. The second kappa shape index (κ2) is 5.85. The minimum atomic E-state index is -0.325. The van der Waals surface area contributed by atoms with Crippen LogP contribution in [0.15, 0.2) is 22.7 Å². The average molecular weight is 313 g/mol. The number of rotatable bonds is 4. The molecule has 0 radical (unpaired) electrons. The van der Waals surface area contributed by atoms with Gasteiger partial charge in [0.15, 0.2) is 5.78 Å². The zero-order valence-electron chi connectivity index (χ0n) is 10.6. The van der Waals surface area contributed by atoms with Crippen LogP contribution < -0.4 is 4.74 Å². The van der Waals surface area contributed by atoms with Gasteiger partial charge in [-0.05, 0) is 44.9 Å². The van der Waals surface area contributed by atoms with Crippen LogP contribution in [-0.2, 0) is 4.74 Å². The van der Waals surface area contributed by atoms with Crippen LogP contribution in [-0.4, -0.2) is 24.6 Å². The van der Waals surface area contributed by atoms with E-state index in [1.54, 1.807) is 6.07 Å². The second-order valence-corrected chi connectivity index (χ2v) is 5.37. The smallest absolute Gasteiger partial charge is 0.195 e. The van der Waals surface area contributed by atoms with E-state index in [9.17, 15) is 4.79 Å². The maximum atomic E-state index is 12.4. The minimum Gasteiger partial charge on any atom is -0.493 e. The molecule has 1 heterocycles. The minimum absolute atomic E-state index is 0.0177. The molecule has 2 rings (SSSR count). The maximum absolute atomic E-state index is 12.4. The van der Waals surface area contributed by atoms with E-state index in [4.69, 9.17) is 9.47 Å². The first-order chi connectivity index (χ1) is 8.61. The van der Waals surface area contributed by atoms with Crippen LogP contribution in [0.25, 0.3) is 0 Å². The van der Waals surface area contributed by atoms with Gasteiger partial charge in [0.2, 0.25) is 0 Å². The molecule has 0 spiro atoms. The lowest BCUT2D eigenvalue weighted by atomic mass is 10.0. The van der Waals surface area contributed by atoms with Crippen LogP contribution >= 0.6 is 15.9 Å². The highest BCUT2D eigenvalue weighted by Crippen LogP contribution is 2.29. The van der Waals surface area contributed by atoms with Crippen LogP contribution in [0.1, 0.15) is 37.0 Å². The number of hydrogen-bond acceptors (Lipinski definition) is 3. The number of hydrogen-bond donors (Lipinski definition) is 0. The Hall–Kier alpha value is -0.870. The number of ether oxygens (including phenoxy) is 2. The lowest BCUT2D eigenvalue weighted by Crippen LogP contribution is -2.21. The topological polar surface area (TPSA) is 35.5 Å². The summed E-state index contributed by atoms with van der Waals surface area (Å²) in [5.74, 6) is 0.651. The van der Waals surface area contributed by atoms with Gasteiger partial charge in [-0.15, -0.1) is 0 Å². The van der Waals surface area contributed by atoms with E-state index >= 15 is 0 Å². The first-order valence-electron chi connectivity index (χ1n) is 6.23. The van der Waals surface area contributed by atoms with Crippen molar-refractivity contribution in [3.05, 3.63) is 28.2 Å². The summed E-state index contributed by atoms with van der Waals surface area (Å²) in [5, 5.41) is 0. The maximum Gasteiger partial charge on any atom is 0.195 e. The summed E-state index contributed by atoms with van der Waals surface area (Å²) in [6.07, 6.45) is 1.57. The third-order valence-electron chi connectivity index (χ3n) is 3.03. The van der Waals surface area contributed by atoms with Gasteiger partial charge in [-0.3, -0.25) is 4.79 Å². The van der Waals surface area contributed by atoms with Crippen LogP contribution in [0.5, 0.6) is 5.75 Å². The fourth-order valence-corrected chi connectivity index (χ4v) is 2.51. The lowest BCUT2D eigenvalue weighted by molar-refractivity contribution is 0.0430. The summed E-state index contributed by atoms with van der Waals surface area (Å²) < 4.78 is 12.0. The van der Waals surface area contributed by atoms with Gasteiger partial charge >= 0.3 is 0 Å². The van der Waals surface area contributed by atoms with Crippen LogP contribution in [0, 0.1) is 0 Å². The molecule has 98 valence electrons. The van der Waals surface area contributed by atoms with Crippen LogP contribution in [0.3, 0.4) is 0 Å². The van der Waals surface area contributed by atoms with Crippen LogP contribution in [0.4, 0.5) is 0 Å². The van der Waals surface area contributed by atoms with E-state index in [1.165, 1.54) is 0 Å². The largest absolute Gasteiger partial charge is 0.493 e. The summed E-state index contributed by atoms with van der Waals surface area (Å²) in [6, 6.07) is 5.50. The van der Waals surface area contributed by atoms with Crippen molar-refractivity contribution in [2.75, 3.05) is 6.61 Å². The molecule has 1 aromatic carbocycles. The van der Waals surface area contributed by atoms with E-state index in [-0.39, 0.29) is 18.0 Å². The molecule has 1 fully saturated rings. The lowest BCUT2D eigenvalue weighted by Gasteiger charge is -2.14. The van der Waals surface area contributed by atoms with Gasteiger partial charge in [-0.25, -0.2) is 0 Å². The highest BCUT2D eigenvalue weighted by Gasteiger charge is 2.30. The highest BCUT2D eigenvalue weighted by molar-refractivity contribution is 9.10. The van der Waals surface area contributed by atoms with Crippen molar-refractivity contribution in [3.8, 4) is 5.75 Å². The molecule has 0 saturated carbocycles. The van der Waals surface area contributed by atoms with Crippen molar-refractivity contribution in [3.63, 3.8) is 0 Å². The second-order valence-electron chi connectivity index (χ2n) is 4.45. The number of benzene rings is 1. The number of ketones is 1. The molecule has 3 nitrogen and oxygen atoms in total. The van der Waals surface area contributed by atoms with Gasteiger partial charge in [0.05, 0.1) is 18.3 Å². The van der Waals surface area contributed by atoms with Crippen molar-refractivity contribution >= 4 is 21.7 Å². The average Bonchev–Trinajstić information content (AvgIpc) is 2.77. The third-order valence-corrected chi connectivity index (χ3v) is 3.52. The monoisotopic (exact) mass is 312 g/mol. The molecule has 0 amide bonds. The Bertz CT molecular complexity index is 445. The molecule has 0 aromatic heterocycles. The molecule has 1 aliphatic rings. The Balaban J connectivity index is 2.25. The molecular formula is C14H17BrO3. The Morgan fingerprint density at radius 3 is 2.89 bits per heavy atom. The predicted octanol–water partition coefficient (Wildman–Crippen LogP) is 3.60. The van der Waals surface area contributed by atoms with E-state index in [0.29, 0.717) is 17.9 Å². The molecule has 2 atom stereocenters.